The summed E-state index contributed by atoms with van der Waals surface area (Å²) in [7, 11) is 0. The zero-order chi connectivity index (χ0) is 19.4. The number of rotatable bonds is 6. The molecule has 0 heterocycles. The van der Waals surface area contributed by atoms with Gasteiger partial charge in [-0.1, -0.05) is 0 Å². The van der Waals surface area contributed by atoms with Crippen molar-refractivity contribution in [1.82, 2.24) is 0 Å². The Balaban J connectivity index is 2.72. The van der Waals surface area contributed by atoms with Crippen LogP contribution in [0, 0.1) is 10.7 Å². The van der Waals surface area contributed by atoms with Crippen molar-refractivity contribution in [1.29, 1.82) is 0 Å². The summed E-state index contributed by atoms with van der Waals surface area (Å²) in [6, 6.07) is 3.56. The molecular weight excluding hydrogens is 703 g/mol. The van der Waals surface area contributed by atoms with Gasteiger partial charge < -0.3 is 14.0 Å². The molecule has 6 nitrogen and oxygen atoms in total. The predicted molar refractivity (Wildman–Crippen MR) is 111 cm³/mol. The second-order valence-electron chi connectivity index (χ2n) is 4.34. The average Bonchev–Trinajstić information content (AvgIpc) is 2.48. The van der Waals surface area contributed by atoms with Gasteiger partial charge in [0.2, 0.25) is 11.1 Å². The minimum absolute atomic E-state index is 0.306. The van der Waals surface area contributed by atoms with E-state index in [0.717, 1.165) is 10.5 Å². The van der Waals surface area contributed by atoms with Gasteiger partial charge in [0.25, 0.3) is 0 Å². The molecule has 0 radical (unpaired) electrons. The summed E-state index contributed by atoms with van der Waals surface area (Å²) in [6.45, 7) is 0.758. The van der Waals surface area contributed by atoms with E-state index in [1.165, 1.54) is 0 Å². The van der Waals surface area contributed by atoms with Crippen LogP contribution in [-0.4, -0.2) is 32.1 Å². The van der Waals surface area contributed by atoms with Crippen LogP contribution in [0.15, 0.2) is 24.3 Å². The molecule has 1 aromatic rings. The molecule has 138 valence electrons. The van der Waals surface area contributed by atoms with E-state index in [1.807, 2.05) is 45.2 Å². The van der Waals surface area contributed by atoms with Crippen molar-refractivity contribution in [3.8, 4) is 5.75 Å². The third kappa shape index (κ3) is 6.94. The molecule has 0 fully saturated rings. The lowest BCUT2D eigenvalue weighted by atomic mass is 10.3. The third-order valence-electron chi connectivity index (χ3n) is 2.52. The van der Waals surface area contributed by atoms with Gasteiger partial charge in [-0.3, -0.25) is 0 Å². The van der Waals surface area contributed by atoms with Crippen molar-refractivity contribution in [2.24, 2.45) is 0 Å². The van der Waals surface area contributed by atoms with Gasteiger partial charge in [-0.05, 0) is 86.8 Å². The highest BCUT2D eigenvalue weighted by atomic mass is 127. The van der Waals surface area contributed by atoms with E-state index in [1.54, 1.807) is 12.1 Å². The molecule has 2 unspecified atom stereocenters. The second-order valence-corrected chi connectivity index (χ2v) is 8.96. The number of hydrogen-bond acceptors (Lipinski definition) is 5. The van der Waals surface area contributed by atoms with E-state index in [-0.39, 0.29) is 0 Å². The summed E-state index contributed by atoms with van der Waals surface area (Å²) in [5.74, 6) is -1.87. The number of carbonyl (C=O) groups excluding carboxylic acids is 2. The van der Waals surface area contributed by atoms with Crippen molar-refractivity contribution in [2.45, 2.75) is 18.3 Å². The predicted octanol–water partition coefficient (Wildman–Crippen LogP) is 3.71. The summed E-state index contributed by atoms with van der Waals surface area (Å²) >= 11 is 2.56. The fraction of sp³-hybridized carbons (Fsp3) is 0.231. The maximum absolute atomic E-state index is 13.2. The number of halogens is 5. The first kappa shape index (κ1) is 23.1. The van der Waals surface area contributed by atoms with Gasteiger partial charge in [-0.2, -0.15) is 8.78 Å². The van der Waals surface area contributed by atoms with Gasteiger partial charge in [0.05, 0.1) is 7.14 Å². The Labute approximate surface area is 184 Å². The molecule has 0 saturated heterocycles. The fourth-order valence-corrected chi connectivity index (χ4v) is 5.46. The Morgan fingerprint density at radius 3 is 2.16 bits per heavy atom. The van der Waals surface area contributed by atoms with E-state index < -0.39 is 34.4 Å². The van der Waals surface area contributed by atoms with Gasteiger partial charge >= 0.3 is 17.2 Å². The van der Waals surface area contributed by atoms with Crippen molar-refractivity contribution in [3.05, 3.63) is 35.0 Å². The summed E-state index contributed by atoms with van der Waals surface area (Å²) in [4.78, 5) is 23.2. The first-order valence-electron chi connectivity index (χ1n) is 6.19. The molecule has 0 aromatic heterocycles. The van der Waals surface area contributed by atoms with Gasteiger partial charge in [-0.15, -0.1) is 0 Å². The first-order chi connectivity index (χ1) is 11.4. The van der Waals surface area contributed by atoms with E-state index in [0.29, 0.717) is 25.0 Å². The Hall–Kier alpha value is 0.0600. The zero-order valence-electron chi connectivity index (χ0n) is 12.2. The van der Waals surface area contributed by atoms with E-state index >= 15 is 0 Å². The number of benzene rings is 1. The lowest BCUT2D eigenvalue weighted by Gasteiger charge is -2.19. The van der Waals surface area contributed by atoms with Crippen molar-refractivity contribution in [2.75, 3.05) is 0 Å². The molecule has 0 saturated carbocycles. The lowest BCUT2D eigenvalue weighted by Crippen LogP contribution is -2.38. The maximum Gasteiger partial charge on any atom is 0.380 e. The molecule has 0 bridgehead atoms. The molecule has 25 heavy (non-hydrogen) atoms. The van der Waals surface area contributed by atoms with Crippen LogP contribution < -0.4 is 4.74 Å². The molecule has 2 atom stereocenters. The van der Waals surface area contributed by atoms with Crippen LogP contribution in [0.1, 0.15) is 6.92 Å². The number of alkyl halides is 2. The third-order valence-corrected chi connectivity index (χ3v) is 5.54. The molecule has 0 spiro atoms. The molecular formula is C13H9F2I3O6S. The number of hydrogen-bond donors (Lipinski definition) is 1. The fourth-order valence-electron chi connectivity index (χ4n) is 1.32. The average molecular weight is 712 g/mol. The highest BCUT2D eigenvalue weighted by Crippen LogP contribution is 2.29. The van der Waals surface area contributed by atoms with Crippen LogP contribution >= 0.6 is 67.8 Å². The summed E-state index contributed by atoms with van der Waals surface area (Å²) in [5, 5.41) is -4.13. The normalized spacial score (nSPS) is 14.2. The number of ether oxygens (including phenoxy) is 2. The van der Waals surface area contributed by atoms with Gasteiger partial charge in [-0.25, -0.2) is 13.8 Å². The van der Waals surface area contributed by atoms with E-state index in [9.17, 15) is 22.6 Å². The van der Waals surface area contributed by atoms with Crippen molar-refractivity contribution >= 4 is 90.8 Å². The summed E-state index contributed by atoms with van der Waals surface area (Å²) in [5.41, 5.74) is 0. The SMILES string of the molecule is CC(OC(=O)/C=C\C(=O)Oc1c(I)cc(I)cc1I)C(F)(F)S(=O)O. The molecule has 0 amide bonds. The molecule has 1 N–H and O–H groups in total. The molecule has 0 aliphatic carbocycles. The van der Waals surface area contributed by atoms with Gasteiger partial charge in [0, 0.05) is 15.7 Å². The highest BCUT2D eigenvalue weighted by Gasteiger charge is 2.45. The minimum Gasteiger partial charge on any atom is -0.452 e. The maximum atomic E-state index is 13.2. The van der Waals surface area contributed by atoms with Crippen LogP contribution in [0.3, 0.4) is 0 Å². The molecule has 12 heteroatoms. The largest absolute Gasteiger partial charge is 0.452 e. The van der Waals surface area contributed by atoms with E-state index in [4.69, 9.17) is 9.29 Å². The standard InChI is InChI=1S/C13H9F2I3O6S/c1-6(13(14,15)25(21)22)23-10(19)2-3-11(20)24-12-8(17)4-7(16)5-9(12)18/h2-6H,1H3,(H,21,22)/b3-2-. The van der Waals surface area contributed by atoms with Crippen LogP contribution in [0.25, 0.3) is 0 Å². The van der Waals surface area contributed by atoms with E-state index in [2.05, 4.69) is 27.3 Å². The Bertz CT molecular complexity index is 717. The van der Waals surface area contributed by atoms with Gasteiger partial charge in [0.15, 0.2) is 11.9 Å². The topological polar surface area (TPSA) is 89.9 Å². The monoisotopic (exact) mass is 712 g/mol. The Morgan fingerprint density at radius 2 is 1.68 bits per heavy atom. The zero-order valence-corrected chi connectivity index (χ0v) is 19.5. The van der Waals surface area contributed by atoms with Crippen LogP contribution in [0.4, 0.5) is 8.78 Å². The quantitative estimate of drug-likeness (QED) is 0.159. The smallest absolute Gasteiger partial charge is 0.380 e. The summed E-state index contributed by atoms with van der Waals surface area (Å²) in [6.07, 6.45) is -0.834. The number of carbonyl (C=O) groups is 2. The summed E-state index contributed by atoms with van der Waals surface area (Å²) < 4.78 is 57.0. The molecule has 0 aliphatic heterocycles. The van der Waals surface area contributed by atoms with Crippen LogP contribution in [-0.2, 0) is 25.4 Å². The molecule has 1 aromatic carbocycles. The van der Waals surface area contributed by atoms with Crippen LogP contribution in [0.2, 0.25) is 0 Å². The van der Waals surface area contributed by atoms with Crippen molar-refractivity contribution in [3.63, 3.8) is 0 Å². The second kappa shape index (κ2) is 9.84. The highest BCUT2D eigenvalue weighted by molar-refractivity contribution is 14.1. The number of esters is 2. The Kier molecular flexibility index (Phi) is 9.09. The Morgan fingerprint density at radius 1 is 1.20 bits per heavy atom. The molecule has 0 aliphatic rings. The van der Waals surface area contributed by atoms with Gasteiger partial charge in [0.1, 0.15) is 0 Å². The first-order valence-corrected chi connectivity index (χ1v) is 10.5. The van der Waals surface area contributed by atoms with Crippen LogP contribution in [0.5, 0.6) is 5.75 Å². The lowest BCUT2D eigenvalue weighted by molar-refractivity contribution is -0.153. The van der Waals surface area contributed by atoms with Crippen molar-refractivity contribution < 1.29 is 36.6 Å². The molecule has 1 rings (SSSR count). The minimum atomic E-state index is -4.13.